The van der Waals surface area contributed by atoms with Gasteiger partial charge in [-0.1, -0.05) is 55.4 Å². The maximum absolute atomic E-state index is 12.1. The van der Waals surface area contributed by atoms with Gasteiger partial charge >= 0.3 is 0 Å². The van der Waals surface area contributed by atoms with Gasteiger partial charge in [-0.15, -0.1) is 16.8 Å². The van der Waals surface area contributed by atoms with Crippen LogP contribution in [0.25, 0.3) is 11.4 Å². The zero-order chi connectivity index (χ0) is 18.4. The summed E-state index contributed by atoms with van der Waals surface area (Å²) in [6.45, 7) is 12.7. The summed E-state index contributed by atoms with van der Waals surface area (Å²) >= 11 is 1.40. The number of benzene rings is 1. The molecule has 0 radical (unpaired) electrons. The Morgan fingerprint density at radius 3 is 2.76 bits per heavy atom. The Kier molecular flexibility index (Phi) is 6.82. The van der Waals surface area contributed by atoms with Crippen LogP contribution < -0.4 is 5.32 Å². The summed E-state index contributed by atoms with van der Waals surface area (Å²) in [4.78, 5) is 12.1. The second-order valence-electron chi connectivity index (χ2n) is 6.46. The van der Waals surface area contributed by atoms with Crippen molar-refractivity contribution in [2.45, 2.75) is 45.4 Å². The van der Waals surface area contributed by atoms with E-state index in [4.69, 9.17) is 0 Å². The van der Waals surface area contributed by atoms with Crippen molar-refractivity contribution in [3.05, 3.63) is 42.5 Å². The molecule has 0 saturated heterocycles. The average Bonchev–Trinajstić information content (AvgIpc) is 2.96. The van der Waals surface area contributed by atoms with Crippen LogP contribution in [0.2, 0.25) is 0 Å². The van der Waals surface area contributed by atoms with E-state index in [-0.39, 0.29) is 11.9 Å². The van der Waals surface area contributed by atoms with Gasteiger partial charge in [-0.25, -0.2) is 0 Å². The number of carbonyl (C=O) groups is 1. The first-order valence-electron chi connectivity index (χ1n) is 8.45. The number of nitrogens with one attached hydrogen (secondary N) is 1. The minimum absolute atomic E-state index is 0.0106. The average molecular weight is 359 g/mol. The van der Waals surface area contributed by atoms with Gasteiger partial charge in [0.2, 0.25) is 5.91 Å². The molecule has 1 N–H and O–H groups in total. The number of thioether (sulfide) groups is 1. The highest BCUT2D eigenvalue weighted by Crippen LogP contribution is 2.24. The molecule has 134 valence electrons. The third-order valence-electron chi connectivity index (χ3n) is 4.03. The molecule has 0 aliphatic heterocycles. The van der Waals surface area contributed by atoms with Crippen LogP contribution in [-0.4, -0.2) is 32.5 Å². The molecule has 1 aromatic heterocycles. The lowest BCUT2D eigenvalue weighted by atomic mass is 10.1. The maximum Gasteiger partial charge on any atom is 0.230 e. The van der Waals surface area contributed by atoms with E-state index in [1.54, 1.807) is 0 Å². The van der Waals surface area contributed by atoms with Crippen molar-refractivity contribution in [2.24, 2.45) is 5.92 Å². The Bertz CT molecular complexity index is 739. The number of rotatable bonds is 8. The molecule has 25 heavy (non-hydrogen) atoms. The van der Waals surface area contributed by atoms with Gasteiger partial charge in [-0.05, 0) is 25.8 Å². The van der Waals surface area contributed by atoms with Gasteiger partial charge in [0.15, 0.2) is 11.0 Å². The Hall–Kier alpha value is -2.08. The molecular formula is C19H26N4OS. The lowest BCUT2D eigenvalue weighted by Gasteiger charge is -2.17. The Morgan fingerprint density at radius 1 is 1.36 bits per heavy atom. The van der Waals surface area contributed by atoms with Gasteiger partial charge in [0.05, 0.1) is 5.75 Å². The van der Waals surface area contributed by atoms with Crippen LogP contribution in [0.5, 0.6) is 0 Å². The highest BCUT2D eigenvalue weighted by atomic mass is 32.2. The summed E-state index contributed by atoms with van der Waals surface area (Å²) in [6.07, 6.45) is 1.81. The van der Waals surface area contributed by atoms with E-state index in [9.17, 15) is 4.79 Å². The zero-order valence-electron chi connectivity index (χ0n) is 15.3. The van der Waals surface area contributed by atoms with Crippen LogP contribution in [0.3, 0.4) is 0 Å². The van der Waals surface area contributed by atoms with E-state index in [1.807, 2.05) is 42.7 Å². The summed E-state index contributed by atoms with van der Waals surface area (Å²) in [7, 11) is 0. The molecule has 1 aromatic carbocycles. The van der Waals surface area contributed by atoms with Crippen molar-refractivity contribution in [1.82, 2.24) is 20.1 Å². The lowest BCUT2D eigenvalue weighted by Crippen LogP contribution is -2.37. The minimum Gasteiger partial charge on any atom is -0.353 e. The minimum atomic E-state index is 0.0106. The number of hydrogen-bond donors (Lipinski definition) is 1. The largest absolute Gasteiger partial charge is 0.353 e. The third-order valence-corrected chi connectivity index (χ3v) is 4.99. The van der Waals surface area contributed by atoms with Crippen LogP contribution in [0.4, 0.5) is 0 Å². The maximum atomic E-state index is 12.1. The third kappa shape index (κ3) is 5.19. The van der Waals surface area contributed by atoms with Gasteiger partial charge < -0.3 is 5.32 Å². The van der Waals surface area contributed by atoms with Gasteiger partial charge in [0, 0.05) is 18.2 Å². The standard InChI is InChI=1S/C19H26N4OS/c1-6-10-23-18(16-9-7-8-14(4)11-16)21-22-19(23)25-12-17(24)20-15(5)13(2)3/h6-9,11,13,15H,1,10,12H2,2-5H3,(H,20,24). The van der Waals surface area contributed by atoms with Crippen LogP contribution in [-0.2, 0) is 11.3 Å². The fraction of sp³-hybridized carbons (Fsp3) is 0.421. The first kappa shape index (κ1) is 19.2. The van der Waals surface area contributed by atoms with Crippen molar-refractivity contribution in [2.75, 3.05) is 5.75 Å². The number of carbonyl (C=O) groups excluding carboxylic acids is 1. The molecular weight excluding hydrogens is 332 g/mol. The molecule has 0 fully saturated rings. The molecule has 2 aromatic rings. The second-order valence-corrected chi connectivity index (χ2v) is 7.41. The summed E-state index contributed by atoms with van der Waals surface area (Å²) in [5, 5.41) is 12.3. The molecule has 2 rings (SSSR count). The Morgan fingerprint density at radius 2 is 2.12 bits per heavy atom. The van der Waals surface area contributed by atoms with E-state index in [1.165, 1.54) is 17.3 Å². The van der Waals surface area contributed by atoms with E-state index in [2.05, 4.69) is 42.0 Å². The number of aromatic nitrogens is 3. The second kappa shape index (κ2) is 8.85. The first-order valence-corrected chi connectivity index (χ1v) is 9.44. The van der Waals surface area contributed by atoms with Crippen molar-refractivity contribution >= 4 is 17.7 Å². The fourth-order valence-electron chi connectivity index (χ4n) is 2.28. The molecule has 0 aliphatic rings. The molecule has 1 heterocycles. The van der Waals surface area contributed by atoms with Crippen LogP contribution in [0.15, 0.2) is 42.1 Å². The number of aryl methyl sites for hydroxylation is 1. The summed E-state index contributed by atoms with van der Waals surface area (Å²) in [6, 6.07) is 8.30. The van der Waals surface area contributed by atoms with Crippen molar-refractivity contribution in [1.29, 1.82) is 0 Å². The van der Waals surface area contributed by atoms with E-state index >= 15 is 0 Å². The predicted octanol–water partition coefficient (Wildman–Crippen LogP) is 3.69. The van der Waals surface area contributed by atoms with Gasteiger partial charge in [-0.3, -0.25) is 9.36 Å². The van der Waals surface area contributed by atoms with Crippen LogP contribution in [0, 0.1) is 12.8 Å². The number of nitrogens with zero attached hydrogens (tertiary/aromatic N) is 3. The molecule has 1 atom stereocenters. The van der Waals surface area contributed by atoms with Crippen molar-refractivity contribution < 1.29 is 4.79 Å². The van der Waals surface area contributed by atoms with E-state index in [0.29, 0.717) is 18.2 Å². The monoisotopic (exact) mass is 358 g/mol. The molecule has 1 amide bonds. The smallest absolute Gasteiger partial charge is 0.230 e. The fourth-order valence-corrected chi connectivity index (χ4v) is 3.04. The first-order chi connectivity index (χ1) is 11.9. The van der Waals surface area contributed by atoms with Gasteiger partial charge in [0.25, 0.3) is 0 Å². The predicted molar refractivity (Wildman–Crippen MR) is 104 cm³/mol. The summed E-state index contributed by atoms with van der Waals surface area (Å²) in [5.41, 5.74) is 2.18. The van der Waals surface area contributed by atoms with Gasteiger partial charge in [0.1, 0.15) is 0 Å². The normalized spacial score (nSPS) is 12.2. The van der Waals surface area contributed by atoms with Gasteiger partial charge in [-0.2, -0.15) is 0 Å². The summed E-state index contributed by atoms with van der Waals surface area (Å²) in [5.74, 6) is 1.53. The lowest BCUT2D eigenvalue weighted by molar-refractivity contribution is -0.119. The Balaban J connectivity index is 2.13. The van der Waals surface area contributed by atoms with E-state index < -0.39 is 0 Å². The molecule has 5 nitrogen and oxygen atoms in total. The van der Waals surface area contributed by atoms with Crippen molar-refractivity contribution in [3.63, 3.8) is 0 Å². The Labute approximate surface area is 153 Å². The quantitative estimate of drug-likeness (QED) is 0.577. The molecule has 0 saturated carbocycles. The van der Waals surface area contributed by atoms with Crippen molar-refractivity contribution in [3.8, 4) is 11.4 Å². The highest BCUT2D eigenvalue weighted by molar-refractivity contribution is 7.99. The zero-order valence-corrected chi connectivity index (χ0v) is 16.1. The summed E-state index contributed by atoms with van der Waals surface area (Å²) < 4.78 is 1.99. The van der Waals surface area contributed by atoms with Crippen LogP contribution in [0.1, 0.15) is 26.3 Å². The molecule has 0 aliphatic carbocycles. The molecule has 6 heteroatoms. The SMILES string of the molecule is C=CCn1c(SCC(=O)NC(C)C(C)C)nnc1-c1cccc(C)c1. The molecule has 0 spiro atoms. The molecule has 0 bridgehead atoms. The molecule has 1 unspecified atom stereocenters. The van der Waals surface area contributed by atoms with Crippen LogP contribution >= 0.6 is 11.8 Å². The number of hydrogen-bond acceptors (Lipinski definition) is 4. The highest BCUT2D eigenvalue weighted by Gasteiger charge is 2.16. The van der Waals surface area contributed by atoms with E-state index in [0.717, 1.165) is 16.5 Å². The number of amides is 1. The topological polar surface area (TPSA) is 59.8 Å². The number of allylic oxidation sites excluding steroid dienone is 1.